The van der Waals surface area contributed by atoms with Crippen molar-refractivity contribution in [1.82, 2.24) is 0 Å². The molecule has 0 rings (SSSR count). The van der Waals surface area contributed by atoms with Gasteiger partial charge in [0.05, 0.1) is 0 Å². The van der Waals surface area contributed by atoms with Crippen LogP contribution in [0.3, 0.4) is 0 Å². The summed E-state index contributed by atoms with van der Waals surface area (Å²) in [6.45, 7) is 4.29. The van der Waals surface area contributed by atoms with Crippen molar-refractivity contribution in [1.29, 1.82) is 0 Å². The second-order valence-corrected chi connectivity index (χ2v) is 3.92. The van der Waals surface area contributed by atoms with Crippen LogP contribution in [0, 0.1) is 0 Å². The molecule has 0 saturated heterocycles. The largest absolute Gasteiger partial charge is 0.446 e. The van der Waals surface area contributed by atoms with E-state index in [1.807, 2.05) is 0 Å². The van der Waals surface area contributed by atoms with Gasteiger partial charge in [-0.2, -0.15) is 0 Å². The van der Waals surface area contributed by atoms with Crippen LogP contribution in [0.15, 0.2) is 0 Å². The van der Waals surface area contributed by atoms with Gasteiger partial charge in [-0.3, -0.25) is 14.4 Å². The third-order valence-corrected chi connectivity index (χ3v) is 2.54. The minimum Gasteiger partial charge on any atom is -0.446 e. The zero-order valence-electron chi connectivity index (χ0n) is 11.4. The fourth-order valence-corrected chi connectivity index (χ4v) is 1.33. The third-order valence-electron chi connectivity index (χ3n) is 2.54. The van der Waals surface area contributed by atoms with Crippen LogP contribution in [0.2, 0.25) is 0 Å². The molecule has 6 heteroatoms. The number of ether oxygens (including phenoxy) is 3. The molecule has 0 saturated carbocycles. The van der Waals surface area contributed by atoms with Crippen molar-refractivity contribution in [3.63, 3.8) is 0 Å². The minimum absolute atomic E-state index is 0.146. The first-order chi connectivity index (χ1) is 8.32. The van der Waals surface area contributed by atoms with E-state index in [0.29, 0.717) is 6.42 Å². The number of carbonyl (C=O) groups is 3. The average molecular weight is 260 g/mol. The van der Waals surface area contributed by atoms with Crippen molar-refractivity contribution in [3.8, 4) is 0 Å². The molecule has 0 bridgehead atoms. The Kier molecular flexibility index (Phi) is 6.72. The first kappa shape index (κ1) is 16.7. The first-order valence-corrected chi connectivity index (χ1v) is 5.66. The molecule has 0 aliphatic heterocycles. The smallest absolute Gasteiger partial charge is 0.303 e. The lowest BCUT2D eigenvalue weighted by atomic mass is 10.0. The van der Waals surface area contributed by atoms with Gasteiger partial charge in [-0.25, -0.2) is 0 Å². The molecule has 0 amide bonds. The molecule has 0 aromatic heterocycles. The fourth-order valence-electron chi connectivity index (χ4n) is 1.33. The number of ketones is 2. The summed E-state index contributed by atoms with van der Waals surface area (Å²) in [5.74, 6) is -3.49. The Morgan fingerprint density at radius 1 is 1.17 bits per heavy atom. The van der Waals surface area contributed by atoms with Gasteiger partial charge in [-0.1, -0.05) is 6.92 Å². The van der Waals surface area contributed by atoms with Crippen LogP contribution in [0.5, 0.6) is 0 Å². The lowest BCUT2D eigenvalue weighted by Gasteiger charge is -2.28. The third kappa shape index (κ3) is 4.19. The molecule has 0 spiro atoms. The van der Waals surface area contributed by atoms with Crippen molar-refractivity contribution in [3.05, 3.63) is 0 Å². The predicted octanol–water partition coefficient (Wildman–Crippen LogP) is 0.865. The summed E-state index contributed by atoms with van der Waals surface area (Å²) < 4.78 is 14.6. The second kappa shape index (κ2) is 7.23. The summed E-state index contributed by atoms with van der Waals surface area (Å²) in [6.07, 6.45) is -0.777. The second-order valence-electron chi connectivity index (χ2n) is 3.92. The van der Waals surface area contributed by atoms with Crippen molar-refractivity contribution >= 4 is 17.5 Å². The van der Waals surface area contributed by atoms with Crippen molar-refractivity contribution in [2.75, 3.05) is 14.2 Å². The van der Waals surface area contributed by atoms with E-state index in [-0.39, 0.29) is 6.42 Å². The highest BCUT2D eigenvalue weighted by atomic mass is 16.7. The van der Waals surface area contributed by atoms with Gasteiger partial charge in [0, 0.05) is 27.6 Å². The number of rotatable bonds is 8. The lowest BCUT2D eigenvalue weighted by Crippen LogP contribution is -2.50. The van der Waals surface area contributed by atoms with E-state index in [2.05, 4.69) is 0 Å². The van der Waals surface area contributed by atoms with Crippen LogP contribution in [-0.4, -0.2) is 43.6 Å². The van der Waals surface area contributed by atoms with Gasteiger partial charge >= 0.3 is 5.97 Å². The van der Waals surface area contributed by atoms with E-state index in [9.17, 15) is 14.4 Å². The summed E-state index contributed by atoms with van der Waals surface area (Å²) in [7, 11) is 2.55. The number of hydrogen-bond acceptors (Lipinski definition) is 6. The zero-order valence-corrected chi connectivity index (χ0v) is 11.4. The van der Waals surface area contributed by atoms with Gasteiger partial charge in [-0.05, 0) is 13.3 Å². The van der Waals surface area contributed by atoms with Crippen LogP contribution in [0.1, 0.15) is 33.6 Å². The zero-order chi connectivity index (χ0) is 14.3. The summed E-state index contributed by atoms with van der Waals surface area (Å²) in [5.41, 5.74) is 0. The molecule has 0 aromatic carbocycles. The Labute approximate surface area is 107 Å². The predicted molar refractivity (Wildman–Crippen MR) is 62.9 cm³/mol. The monoisotopic (exact) mass is 260 g/mol. The molecule has 0 heterocycles. The maximum absolute atomic E-state index is 12.1. The molecule has 0 aliphatic rings. The topological polar surface area (TPSA) is 78.9 Å². The maximum atomic E-state index is 12.1. The molecular weight excluding hydrogens is 240 g/mol. The summed E-state index contributed by atoms with van der Waals surface area (Å²) >= 11 is 0. The van der Waals surface area contributed by atoms with Crippen LogP contribution in [0.25, 0.3) is 0 Å². The van der Waals surface area contributed by atoms with Gasteiger partial charge in [0.25, 0.3) is 0 Å². The minimum atomic E-state index is -1.61. The average Bonchev–Trinajstić information content (AvgIpc) is 2.34. The highest BCUT2D eigenvalue weighted by Crippen LogP contribution is 2.17. The molecule has 1 atom stereocenters. The number of hydrogen-bond donors (Lipinski definition) is 0. The highest BCUT2D eigenvalue weighted by Gasteiger charge is 2.43. The Balaban J connectivity index is 5.12. The lowest BCUT2D eigenvalue weighted by molar-refractivity contribution is -0.208. The first-order valence-electron chi connectivity index (χ1n) is 5.66. The van der Waals surface area contributed by atoms with E-state index < -0.39 is 29.4 Å². The van der Waals surface area contributed by atoms with Gasteiger partial charge < -0.3 is 14.2 Å². The van der Waals surface area contributed by atoms with Gasteiger partial charge in [0.15, 0.2) is 5.78 Å². The number of methoxy groups -OCH3 is 2. The summed E-state index contributed by atoms with van der Waals surface area (Å²) in [5, 5.41) is 0. The van der Waals surface area contributed by atoms with E-state index in [1.165, 1.54) is 21.1 Å². The molecule has 0 aromatic rings. The van der Waals surface area contributed by atoms with Crippen LogP contribution in [-0.2, 0) is 28.6 Å². The molecule has 0 unspecified atom stereocenters. The Hall–Kier alpha value is -1.27. The quantitative estimate of drug-likeness (QED) is 0.366. The fraction of sp³-hybridized carbons (Fsp3) is 0.750. The SMILES string of the molecule is CCCC(=O)[C@H](OC(C)=O)C(=O)C(C)(OC)OC. The highest BCUT2D eigenvalue weighted by molar-refractivity contribution is 6.09. The Bertz CT molecular complexity index is 319. The molecule has 6 nitrogen and oxygen atoms in total. The van der Waals surface area contributed by atoms with Gasteiger partial charge in [0.2, 0.25) is 17.7 Å². The molecule has 0 radical (unpaired) electrons. The van der Waals surface area contributed by atoms with E-state index in [1.54, 1.807) is 6.92 Å². The van der Waals surface area contributed by atoms with E-state index in [4.69, 9.17) is 14.2 Å². The number of Topliss-reactive ketones (excluding diaryl/α,β-unsaturated/α-hetero) is 2. The van der Waals surface area contributed by atoms with E-state index in [0.717, 1.165) is 6.92 Å². The number of esters is 1. The van der Waals surface area contributed by atoms with Gasteiger partial charge in [-0.15, -0.1) is 0 Å². The van der Waals surface area contributed by atoms with Crippen molar-refractivity contribution in [2.24, 2.45) is 0 Å². The van der Waals surface area contributed by atoms with Crippen molar-refractivity contribution < 1.29 is 28.6 Å². The van der Waals surface area contributed by atoms with Gasteiger partial charge in [0.1, 0.15) is 0 Å². The number of carbonyl (C=O) groups excluding carboxylic acids is 3. The summed E-state index contributed by atoms with van der Waals surface area (Å²) in [4.78, 5) is 34.9. The van der Waals surface area contributed by atoms with E-state index >= 15 is 0 Å². The normalized spacial score (nSPS) is 12.9. The standard InChI is InChI=1S/C12H20O6/c1-6-7-9(14)10(18-8(2)13)11(15)12(3,16-4)17-5/h10H,6-7H2,1-5H3/t10-/m0/s1. The molecular formula is C12H20O6. The van der Waals surface area contributed by atoms with Crippen LogP contribution >= 0.6 is 0 Å². The van der Waals surface area contributed by atoms with Crippen LogP contribution in [0.4, 0.5) is 0 Å². The van der Waals surface area contributed by atoms with Crippen molar-refractivity contribution in [2.45, 2.75) is 45.5 Å². The molecule has 0 N–H and O–H groups in total. The molecule has 0 fully saturated rings. The molecule has 18 heavy (non-hydrogen) atoms. The molecule has 104 valence electrons. The van der Waals surface area contributed by atoms with Crippen LogP contribution < -0.4 is 0 Å². The Morgan fingerprint density at radius 2 is 1.67 bits per heavy atom. The summed E-state index contributed by atoms with van der Waals surface area (Å²) in [6, 6.07) is 0. The maximum Gasteiger partial charge on any atom is 0.303 e. The Morgan fingerprint density at radius 3 is 2.00 bits per heavy atom. The molecule has 0 aliphatic carbocycles.